The number of rotatable bonds is 3. The highest BCUT2D eigenvalue weighted by molar-refractivity contribution is 5.70. The van der Waals surface area contributed by atoms with Crippen molar-refractivity contribution in [1.29, 1.82) is 0 Å². The average molecular weight is 257 g/mol. The lowest BCUT2D eigenvalue weighted by atomic mass is 9.86. The Labute approximate surface area is 115 Å². The number of imidazole rings is 1. The lowest BCUT2D eigenvalue weighted by Crippen LogP contribution is -2.10. The fraction of sp³-hybridized carbons (Fsp3) is 0.438. The maximum atomic E-state index is 6.15. The molecule has 0 aliphatic heterocycles. The third kappa shape index (κ3) is 2.80. The number of nitrogens with two attached hydrogens (primary N) is 1. The molecule has 2 aromatic rings. The Balaban J connectivity index is 2.32. The Hall–Kier alpha value is -1.77. The predicted molar refractivity (Wildman–Crippen MR) is 81.1 cm³/mol. The van der Waals surface area contributed by atoms with Crippen LogP contribution in [0.1, 0.15) is 39.7 Å². The molecule has 1 aromatic heterocycles. The SMILES string of the molecule is CCCn1cnc(-c2ccc(C(C)(C)C)cc2)c1N. The van der Waals surface area contributed by atoms with Gasteiger partial charge in [0.05, 0.1) is 6.33 Å². The summed E-state index contributed by atoms with van der Waals surface area (Å²) in [5.41, 5.74) is 9.61. The van der Waals surface area contributed by atoms with E-state index in [1.54, 1.807) is 0 Å². The molecule has 0 amide bonds. The number of nitrogen functional groups attached to an aromatic ring is 1. The number of anilines is 1. The highest BCUT2D eigenvalue weighted by Crippen LogP contribution is 2.28. The second kappa shape index (κ2) is 5.08. The number of nitrogens with zero attached hydrogens (tertiary/aromatic N) is 2. The molecule has 0 saturated carbocycles. The second-order valence-corrected chi connectivity index (χ2v) is 6.00. The minimum absolute atomic E-state index is 0.172. The molecule has 0 aliphatic rings. The summed E-state index contributed by atoms with van der Waals surface area (Å²) in [6, 6.07) is 8.53. The fourth-order valence-corrected chi connectivity index (χ4v) is 2.16. The van der Waals surface area contributed by atoms with Gasteiger partial charge in [0.2, 0.25) is 0 Å². The molecule has 0 radical (unpaired) electrons. The second-order valence-electron chi connectivity index (χ2n) is 6.00. The average Bonchev–Trinajstić information content (AvgIpc) is 2.71. The van der Waals surface area contributed by atoms with Crippen LogP contribution < -0.4 is 5.73 Å². The molecule has 0 spiro atoms. The molecule has 2 rings (SSSR count). The monoisotopic (exact) mass is 257 g/mol. The Morgan fingerprint density at radius 1 is 1.16 bits per heavy atom. The minimum Gasteiger partial charge on any atom is -0.383 e. The van der Waals surface area contributed by atoms with Crippen LogP contribution in [0.4, 0.5) is 5.82 Å². The molecule has 0 aliphatic carbocycles. The van der Waals surface area contributed by atoms with Crippen molar-refractivity contribution in [2.45, 2.75) is 46.1 Å². The van der Waals surface area contributed by atoms with Crippen LogP contribution in [0.3, 0.4) is 0 Å². The normalized spacial score (nSPS) is 11.8. The Kier molecular flexibility index (Phi) is 3.65. The van der Waals surface area contributed by atoms with Gasteiger partial charge in [0, 0.05) is 12.1 Å². The maximum absolute atomic E-state index is 6.15. The Morgan fingerprint density at radius 3 is 2.32 bits per heavy atom. The first-order valence-electron chi connectivity index (χ1n) is 6.85. The summed E-state index contributed by atoms with van der Waals surface area (Å²) in [5, 5.41) is 0. The van der Waals surface area contributed by atoms with E-state index in [4.69, 9.17) is 5.73 Å². The smallest absolute Gasteiger partial charge is 0.131 e. The van der Waals surface area contributed by atoms with Crippen LogP contribution in [-0.4, -0.2) is 9.55 Å². The number of hydrogen-bond acceptors (Lipinski definition) is 2. The van der Waals surface area contributed by atoms with Gasteiger partial charge in [0.1, 0.15) is 11.5 Å². The third-order valence-electron chi connectivity index (χ3n) is 3.37. The van der Waals surface area contributed by atoms with E-state index in [2.05, 4.69) is 56.9 Å². The molecule has 0 saturated heterocycles. The van der Waals surface area contributed by atoms with Gasteiger partial charge < -0.3 is 10.3 Å². The van der Waals surface area contributed by atoms with Crippen LogP contribution in [0, 0.1) is 0 Å². The van der Waals surface area contributed by atoms with Gasteiger partial charge in [-0.2, -0.15) is 0 Å². The number of aromatic nitrogens is 2. The van der Waals surface area contributed by atoms with Crippen molar-refractivity contribution in [3.8, 4) is 11.3 Å². The largest absolute Gasteiger partial charge is 0.383 e. The van der Waals surface area contributed by atoms with Gasteiger partial charge in [0.15, 0.2) is 0 Å². The summed E-state index contributed by atoms with van der Waals surface area (Å²) < 4.78 is 2.01. The minimum atomic E-state index is 0.172. The van der Waals surface area contributed by atoms with Gasteiger partial charge in [-0.1, -0.05) is 52.0 Å². The summed E-state index contributed by atoms with van der Waals surface area (Å²) in [5.74, 6) is 0.755. The Morgan fingerprint density at radius 2 is 1.79 bits per heavy atom. The molecule has 0 atom stereocenters. The van der Waals surface area contributed by atoms with Gasteiger partial charge >= 0.3 is 0 Å². The van der Waals surface area contributed by atoms with E-state index in [0.29, 0.717) is 0 Å². The van der Waals surface area contributed by atoms with Gasteiger partial charge in [-0.25, -0.2) is 4.98 Å². The number of aryl methyl sites for hydroxylation is 1. The Bertz CT molecular complexity index is 544. The van der Waals surface area contributed by atoms with Crippen LogP contribution in [0.2, 0.25) is 0 Å². The van der Waals surface area contributed by atoms with Crippen molar-refractivity contribution in [2.75, 3.05) is 5.73 Å². The van der Waals surface area contributed by atoms with Crippen LogP contribution in [0.15, 0.2) is 30.6 Å². The van der Waals surface area contributed by atoms with Crippen LogP contribution >= 0.6 is 0 Å². The van der Waals surface area contributed by atoms with Gasteiger partial charge in [0.25, 0.3) is 0 Å². The van der Waals surface area contributed by atoms with Crippen LogP contribution in [0.5, 0.6) is 0 Å². The molecule has 0 fully saturated rings. The summed E-state index contributed by atoms with van der Waals surface area (Å²) in [6.45, 7) is 9.70. The summed E-state index contributed by atoms with van der Waals surface area (Å²) in [7, 11) is 0. The molecule has 2 N–H and O–H groups in total. The highest BCUT2D eigenvalue weighted by atomic mass is 15.1. The van der Waals surface area contributed by atoms with Crippen molar-refractivity contribution >= 4 is 5.82 Å². The standard InChI is InChI=1S/C16H23N3/c1-5-10-19-11-18-14(15(19)17)12-6-8-13(9-7-12)16(2,3)4/h6-9,11H,5,10,17H2,1-4H3. The van der Waals surface area contributed by atoms with Crippen LogP contribution in [0.25, 0.3) is 11.3 Å². The molecule has 0 bridgehead atoms. The van der Waals surface area contributed by atoms with E-state index in [9.17, 15) is 0 Å². The predicted octanol–water partition coefficient (Wildman–Crippen LogP) is 3.84. The summed E-state index contributed by atoms with van der Waals surface area (Å²) in [4.78, 5) is 4.43. The molecule has 1 aromatic carbocycles. The zero-order valence-electron chi connectivity index (χ0n) is 12.3. The van der Waals surface area contributed by atoms with Gasteiger partial charge in [-0.05, 0) is 17.4 Å². The summed E-state index contributed by atoms with van der Waals surface area (Å²) >= 11 is 0. The van der Waals surface area contributed by atoms with E-state index in [0.717, 1.165) is 30.0 Å². The van der Waals surface area contributed by atoms with Crippen LogP contribution in [-0.2, 0) is 12.0 Å². The molecule has 3 nitrogen and oxygen atoms in total. The lowest BCUT2D eigenvalue weighted by molar-refractivity contribution is 0.590. The first-order valence-corrected chi connectivity index (χ1v) is 6.85. The number of benzene rings is 1. The first kappa shape index (κ1) is 13.7. The van der Waals surface area contributed by atoms with Gasteiger partial charge in [-0.3, -0.25) is 0 Å². The lowest BCUT2D eigenvalue weighted by Gasteiger charge is -2.19. The molecule has 102 valence electrons. The van der Waals surface area contributed by atoms with E-state index >= 15 is 0 Å². The zero-order chi connectivity index (χ0) is 14.0. The molecule has 1 heterocycles. The van der Waals surface area contributed by atoms with Crippen molar-refractivity contribution < 1.29 is 0 Å². The van der Waals surface area contributed by atoms with Gasteiger partial charge in [-0.15, -0.1) is 0 Å². The third-order valence-corrected chi connectivity index (χ3v) is 3.37. The highest BCUT2D eigenvalue weighted by Gasteiger charge is 2.14. The summed E-state index contributed by atoms with van der Waals surface area (Å²) in [6.07, 6.45) is 2.88. The van der Waals surface area contributed by atoms with E-state index in [1.165, 1.54) is 5.56 Å². The number of hydrogen-bond donors (Lipinski definition) is 1. The molecular formula is C16H23N3. The fourth-order valence-electron chi connectivity index (χ4n) is 2.16. The topological polar surface area (TPSA) is 43.8 Å². The van der Waals surface area contributed by atoms with E-state index < -0.39 is 0 Å². The van der Waals surface area contributed by atoms with Crippen molar-refractivity contribution in [3.05, 3.63) is 36.2 Å². The van der Waals surface area contributed by atoms with Crippen molar-refractivity contribution in [1.82, 2.24) is 9.55 Å². The molecule has 0 unspecified atom stereocenters. The first-order chi connectivity index (χ1) is 8.93. The van der Waals surface area contributed by atoms with E-state index in [-0.39, 0.29) is 5.41 Å². The zero-order valence-corrected chi connectivity index (χ0v) is 12.3. The van der Waals surface area contributed by atoms with E-state index in [1.807, 2.05) is 10.9 Å². The maximum Gasteiger partial charge on any atom is 0.131 e. The van der Waals surface area contributed by atoms with Crippen molar-refractivity contribution in [2.24, 2.45) is 0 Å². The molecular weight excluding hydrogens is 234 g/mol. The van der Waals surface area contributed by atoms with Crippen molar-refractivity contribution in [3.63, 3.8) is 0 Å². The molecule has 3 heteroatoms. The quantitative estimate of drug-likeness (QED) is 0.908. The molecule has 19 heavy (non-hydrogen) atoms.